The summed E-state index contributed by atoms with van der Waals surface area (Å²) in [5, 5.41) is 17.8. The van der Waals surface area contributed by atoms with Gasteiger partial charge < -0.3 is 10.0 Å². The third-order valence-electron chi connectivity index (χ3n) is 1.15. The van der Waals surface area contributed by atoms with Crippen LogP contribution in [-0.2, 0) is 0 Å². The summed E-state index contributed by atoms with van der Waals surface area (Å²) in [7, 11) is -1.55. The van der Waals surface area contributed by atoms with Crippen LogP contribution in [0.15, 0.2) is 12.3 Å². The van der Waals surface area contributed by atoms with E-state index < -0.39 is 7.12 Å². The van der Waals surface area contributed by atoms with E-state index in [1.807, 2.05) is 22.6 Å². The molecule has 58 valence electrons. The van der Waals surface area contributed by atoms with Crippen LogP contribution in [0.1, 0.15) is 0 Å². The van der Waals surface area contributed by atoms with Crippen molar-refractivity contribution in [2.45, 2.75) is 0 Å². The number of halogens is 2. The molecule has 0 amide bonds. The molecule has 0 saturated carbocycles. The van der Waals surface area contributed by atoms with Crippen LogP contribution in [-0.4, -0.2) is 22.2 Å². The van der Waals surface area contributed by atoms with Gasteiger partial charge in [0.25, 0.3) is 0 Å². The zero-order chi connectivity index (χ0) is 8.43. The molecule has 0 aromatic carbocycles. The van der Waals surface area contributed by atoms with Crippen molar-refractivity contribution >= 4 is 46.8 Å². The average molecular weight is 283 g/mol. The summed E-state index contributed by atoms with van der Waals surface area (Å²) in [6.45, 7) is 0. The fourth-order valence-corrected chi connectivity index (χ4v) is 1.77. The van der Waals surface area contributed by atoms with Crippen LogP contribution in [0, 0.1) is 3.57 Å². The zero-order valence-electron chi connectivity index (χ0n) is 5.33. The molecule has 0 fully saturated rings. The highest BCUT2D eigenvalue weighted by Crippen LogP contribution is 2.07. The highest BCUT2D eigenvalue weighted by atomic mass is 127. The Morgan fingerprint density at radius 1 is 1.55 bits per heavy atom. The van der Waals surface area contributed by atoms with Gasteiger partial charge in [-0.05, 0) is 28.7 Å². The predicted molar refractivity (Wildman–Crippen MR) is 51.8 cm³/mol. The van der Waals surface area contributed by atoms with E-state index in [0.717, 1.165) is 0 Å². The van der Waals surface area contributed by atoms with Crippen molar-refractivity contribution in [1.82, 2.24) is 4.98 Å². The Morgan fingerprint density at radius 3 is 2.55 bits per heavy atom. The van der Waals surface area contributed by atoms with Gasteiger partial charge in [0.15, 0.2) is 0 Å². The Bertz CT molecular complexity index is 250. The van der Waals surface area contributed by atoms with Gasteiger partial charge in [0, 0.05) is 15.2 Å². The standard InChI is InChI=1S/C5H4BClINO2/c7-5-4(6(10)11)3(8)1-2-9-5/h1-2,10-11H. The molecule has 1 aromatic heterocycles. The normalized spacial score (nSPS) is 9.82. The van der Waals surface area contributed by atoms with E-state index in [4.69, 9.17) is 21.6 Å². The molecule has 0 atom stereocenters. The minimum absolute atomic E-state index is 0.131. The van der Waals surface area contributed by atoms with Crippen LogP contribution in [0.25, 0.3) is 0 Å². The van der Waals surface area contributed by atoms with E-state index in [1.54, 1.807) is 6.07 Å². The second-order valence-corrected chi connectivity index (χ2v) is 3.39. The quantitative estimate of drug-likeness (QED) is 0.434. The second-order valence-electron chi connectivity index (χ2n) is 1.87. The summed E-state index contributed by atoms with van der Waals surface area (Å²) >= 11 is 7.55. The summed E-state index contributed by atoms with van der Waals surface area (Å²) in [6.07, 6.45) is 1.51. The topological polar surface area (TPSA) is 53.4 Å². The summed E-state index contributed by atoms with van der Waals surface area (Å²) in [6, 6.07) is 1.65. The largest absolute Gasteiger partial charge is 0.492 e. The monoisotopic (exact) mass is 283 g/mol. The maximum Gasteiger partial charge on any atom is 0.492 e. The molecule has 0 radical (unpaired) electrons. The SMILES string of the molecule is OB(O)c1c(I)ccnc1Cl. The van der Waals surface area contributed by atoms with E-state index in [1.165, 1.54) is 6.20 Å². The number of hydrogen-bond donors (Lipinski definition) is 2. The molecular weight excluding hydrogens is 279 g/mol. The average Bonchev–Trinajstić information content (AvgIpc) is 1.85. The molecule has 1 rings (SSSR count). The van der Waals surface area contributed by atoms with Gasteiger partial charge in [-0.1, -0.05) is 11.6 Å². The fraction of sp³-hybridized carbons (Fsp3) is 0. The molecule has 1 aromatic rings. The van der Waals surface area contributed by atoms with Gasteiger partial charge in [-0.2, -0.15) is 0 Å². The van der Waals surface area contributed by atoms with E-state index >= 15 is 0 Å². The van der Waals surface area contributed by atoms with Crippen LogP contribution in [0.3, 0.4) is 0 Å². The third-order valence-corrected chi connectivity index (χ3v) is 2.39. The molecule has 6 heteroatoms. The summed E-state index contributed by atoms with van der Waals surface area (Å²) < 4.78 is 0.692. The number of nitrogens with zero attached hydrogens (tertiary/aromatic N) is 1. The highest BCUT2D eigenvalue weighted by molar-refractivity contribution is 14.1. The minimum Gasteiger partial charge on any atom is -0.423 e. The number of aromatic nitrogens is 1. The van der Waals surface area contributed by atoms with Gasteiger partial charge in [0.2, 0.25) is 0 Å². The number of hydrogen-bond acceptors (Lipinski definition) is 3. The minimum atomic E-state index is -1.55. The second kappa shape index (κ2) is 3.71. The Morgan fingerprint density at radius 2 is 2.18 bits per heavy atom. The van der Waals surface area contributed by atoms with Gasteiger partial charge in [-0.3, -0.25) is 0 Å². The first-order valence-electron chi connectivity index (χ1n) is 2.79. The van der Waals surface area contributed by atoms with Crippen molar-refractivity contribution in [1.29, 1.82) is 0 Å². The first-order chi connectivity index (χ1) is 5.13. The van der Waals surface area contributed by atoms with Gasteiger partial charge >= 0.3 is 7.12 Å². The Kier molecular flexibility index (Phi) is 3.11. The number of pyridine rings is 1. The molecule has 0 aliphatic rings. The van der Waals surface area contributed by atoms with Gasteiger partial charge in [-0.25, -0.2) is 4.98 Å². The fourth-order valence-electron chi connectivity index (χ4n) is 0.656. The van der Waals surface area contributed by atoms with Crippen molar-refractivity contribution in [3.63, 3.8) is 0 Å². The Hall–Kier alpha value is 0.155. The zero-order valence-corrected chi connectivity index (χ0v) is 8.24. The van der Waals surface area contributed by atoms with Crippen molar-refractivity contribution in [3.8, 4) is 0 Å². The molecule has 2 N–H and O–H groups in total. The molecule has 1 heterocycles. The summed E-state index contributed by atoms with van der Waals surface area (Å²) in [5.74, 6) is 0. The van der Waals surface area contributed by atoms with Crippen molar-refractivity contribution in [2.75, 3.05) is 0 Å². The van der Waals surface area contributed by atoms with Crippen molar-refractivity contribution in [2.24, 2.45) is 0 Å². The van der Waals surface area contributed by atoms with Gasteiger partial charge in [0.05, 0.1) is 0 Å². The first-order valence-corrected chi connectivity index (χ1v) is 4.24. The maximum atomic E-state index is 8.81. The summed E-state index contributed by atoms with van der Waals surface area (Å²) in [5.41, 5.74) is 0.259. The molecule has 0 bridgehead atoms. The summed E-state index contributed by atoms with van der Waals surface area (Å²) in [4.78, 5) is 3.70. The third kappa shape index (κ3) is 2.05. The van der Waals surface area contributed by atoms with Gasteiger partial charge in [0.1, 0.15) is 5.15 Å². The van der Waals surface area contributed by atoms with Crippen molar-refractivity contribution < 1.29 is 10.0 Å². The lowest BCUT2D eigenvalue weighted by atomic mass is 9.82. The number of rotatable bonds is 1. The molecular formula is C5H4BClINO2. The molecule has 0 saturated heterocycles. The Labute approximate surface area is 82.7 Å². The van der Waals surface area contributed by atoms with Crippen LogP contribution in [0.4, 0.5) is 0 Å². The molecule has 11 heavy (non-hydrogen) atoms. The van der Waals surface area contributed by atoms with Crippen LogP contribution >= 0.6 is 34.2 Å². The maximum absolute atomic E-state index is 8.81. The smallest absolute Gasteiger partial charge is 0.423 e. The molecule has 0 aliphatic heterocycles. The lowest BCUT2D eigenvalue weighted by Crippen LogP contribution is -2.33. The van der Waals surface area contributed by atoms with Crippen LogP contribution < -0.4 is 5.46 Å². The van der Waals surface area contributed by atoms with Gasteiger partial charge in [-0.15, -0.1) is 0 Å². The lowest BCUT2D eigenvalue weighted by molar-refractivity contribution is 0.425. The van der Waals surface area contributed by atoms with Crippen molar-refractivity contribution in [3.05, 3.63) is 21.0 Å². The van der Waals surface area contributed by atoms with E-state index in [-0.39, 0.29) is 10.6 Å². The highest BCUT2D eigenvalue weighted by Gasteiger charge is 2.18. The van der Waals surface area contributed by atoms with E-state index in [2.05, 4.69) is 4.98 Å². The first kappa shape index (κ1) is 9.24. The van der Waals surface area contributed by atoms with Crippen LogP contribution in [0.2, 0.25) is 5.15 Å². The van der Waals surface area contributed by atoms with Crippen LogP contribution in [0.5, 0.6) is 0 Å². The predicted octanol–water partition coefficient (Wildman–Crippen LogP) is 0.0194. The molecule has 0 aliphatic carbocycles. The van der Waals surface area contributed by atoms with E-state index in [9.17, 15) is 0 Å². The molecule has 0 unspecified atom stereocenters. The van der Waals surface area contributed by atoms with E-state index in [0.29, 0.717) is 3.57 Å². The molecule has 3 nitrogen and oxygen atoms in total. The Balaban J connectivity index is 3.21. The molecule has 0 spiro atoms. The lowest BCUT2D eigenvalue weighted by Gasteiger charge is -2.02.